The highest BCUT2D eigenvalue weighted by atomic mass is 32.2. The third kappa shape index (κ3) is 7.62. The zero-order valence-corrected chi connectivity index (χ0v) is 21.7. The molecule has 0 unspecified atom stereocenters. The Hall–Kier alpha value is -3.77. The summed E-state index contributed by atoms with van der Waals surface area (Å²) in [6.45, 7) is 4.86. The molecule has 1 aromatic heterocycles. The lowest BCUT2D eigenvalue weighted by atomic mass is 10.1. The molecule has 3 aromatic rings. The van der Waals surface area contributed by atoms with E-state index in [1.807, 2.05) is 0 Å². The zero-order chi connectivity index (χ0) is 26.1. The molecule has 0 radical (unpaired) electrons. The molecule has 36 heavy (non-hydrogen) atoms. The van der Waals surface area contributed by atoms with Crippen LogP contribution in [0.3, 0.4) is 0 Å². The van der Waals surface area contributed by atoms with E-state index in [9.17, 15) is 13.2 Å². The first-order chi connectivity index (χ1) is 17.2. The Kier molecular flexibility index (Phi) is 9.14. The molecule has 1 amide bonds. The first kappa shape index (κ1) is 26.8. The van der Waals surface area contributed by atoms with Gasteiger partial charge in [0.25, 0.3) is 21.8 Å². The third-order valence-electron chi connectivity index (χ3n) is 4.82. The van der Waals surface area contributed by atoms with Crippen LogP contribution >= 0.6 is 12.2 Å². The van der Waals surface area contributed by atoms with Crippen LogP contribution in [0.2, 0.25) is 0 Å². The minimum absolute atomic E-state index is 0.00795. The van der Waals surface area contributed by atoms with E-state index in [1.54, 1.807) is 24.3 Å². The summed E-state index contributed by atoms with van der Waals surface area (Å²) < 4.78 is 38.4. The molecule has 0 bridgehead atoms. The zero-order valence-electron chi connectivity index (χ0n) is 20.0. The number of thiocarbonyl (C=S) groups is 1. The maximum absolute atomic E-state index is 12.7. The number of anilines is 2. The van der Waals surface area contributed by atoms with Crippen LogP contribution in [-0.4, -0.2) is 43.1 Å². The summed E-state index contributed by atoms with van der Waals surface area (Å²) >= 11 is 5.21. The molecule has 3 rings (SSSR count). The van der Waals surface area contributed by atoms with Crippen molar-refractivity contribution in [1.82, 2.24) is 15.3 Å². The number of nitrogens with one attached hydrogen (secondary N) is 3. The van der Waals surface area contributed by atoms with Gasteiger partial charge < -0.3 is 14.8 Å². The van der Waals surface area contributed by atoms with Gasteiger partial charge in [0.1, 0.15) is 5.75 Å². The van der Waals surface area contributed by atoms with Gasteiger partial charge in [-0.1, -0.05) is 13.8 Å². The summed E-state index contributed by atoms with van der Waals surface area (Å²) in [6.07, 6.45) is 3.68. The fourth-order valence-corrected chi connectivity index (χ4v) is 4.12. The number of carbonyl (C=O) groups excluding carboxylic acids is 1. The second-order valence-electron chi connectivity index (χ2n) is 8.01. The molecule has 0 aliphatic rings. The summed E-state index contributed by atoms with van der Waals surface area (Å²) in [5.74, 6) is 0.877. The van der Waals surface area contributed by atoms with Gasteiger partial charge in [0.2, 0.25) is 5.82 Å². The topological polar surface area (TPSA) is 132 Å². The number of carbonyl (C=O) groups is 1. The van der Waals surface area contributed by atoms with Crippen LogP contribution < -0.4 is 24.8 Å². The molecular formula is C24H27N5O5S2. The number of hydrogen-bond acceptors (Lipinski definition) is 8. The average molecular weight is 530 g/mol. The number of ether oxygens (including phenoxy) is 2. The maximum Gasteiger partial charge on any atom is 0.263 e. The van der Waals surface area contributed by atoms with Crippen LogP contribution in [0.25, 0.3) is 0 Å². The van der Waals surface area contributed by atoms with Crippen LogP contribution in [0.1, 0.15) is 30.6 Å². The molecule has 0 spiro atoms. The summed E-state index contributed by atoms with van der Waals surface area (Å²) in [5.41, 5.74) is 0.910. The second kappa shape index (κ2) is 12.3. The highest BCUT2D eigenvalue weighted by Crippen LogP contribution is 2.22. The summed E-state index contributed by atoms with van der Waals surface area (Å²) in [6, 6.07) is 12.6. The molecule has 1 heterocycles. The predicted molar refractivity (Wildman–Crippen MR) is 141 cm³/mol. The number of benzene rings is 2. The van der Waals surface area contributed by atoms with E-state index in [1.165, 1.54) is 43.8 Å². The van der Waals surface area contributed by atoms with Gasteiger partial charge >= 0.3 is 0 Å². The molecule has 3 N–H and O–H groups in total. The Morgan fingerprint density at radius 3 is 2.33 bits per heavy atom. The lowest BCUT2D eigenvalue weighted by molar-refractivity contribution is 0.0977. The van der Waals surface area contributed by atoms with Crippen molar-refractivity contribution in [2.75, 3.05) is 23.8 Å². The molecule has 12 heteroatoms. The monoisotopic (exact) mass is 529 g/mol. The number of nitrogens with zero attached hydrogens (tertiary/aromatic N) is 2. The molecule has 0 fully saturated rings. The molecule has 10 nitrogen and oxygen atoms in total. The molecule has 0 saturated heterocycles. The summed E-state index contributed by atoms with van der Waals surface area (Å²) in [4.78, 5) is 20.3. The van der Waals surface area contributed by atoms with Crippen molar-refractivity contribution in [2.45, 2.75) is 25.2 Å². The Balaban J connectivity index is 1.55. The molecule has 0 saturated carbocycles. The van der Waals surface area contributed by atoms with E-state index in [2.05, 4.69) is 39.2 Å². The lowest BCUT2D eigenvalue weighted by Gasteiger charge is -2.12. The Morgan fingerprint density at radius 2 is 1.69 bits per heavy atom. The number of amides is 1. The standard InChI is InChI=1S/C24H27N5O5S2/c1-16(2)12-15-34-19-8-4-17(5-9-19)22(30)28-24(35)27-18-6-10-20(11-7-18)36(31,32)29-21-23(33-3)26-14-13-25-21/h4-11,13-14,16H,12,15H2,1-3H3,(H,25,29)(H2,27,28,30,35). The fourth-order valence-electron chi connectivity index (χ4n) is 2.90. The Bertz CT molecular complexity index is 1300. The van der Waals surface area contributed by atoms with Gasteiger partial charge in [-0.05, 0) is 73.1 Å². The predicted octanol–water partition coefficient (Wildman–Crippen LogP) is 3.84. The van der Waals surface area contributed by atoms with E-state index in [0.717, 1.165) is 6.42 Å². The van der Waals surface area contributed by atoms with Gasteiger partial charge in [0.05, 0.1) is 18.6 Å². The number of hydrogen-bond donors (Lipinski definition) is 3. The van der Waals surface area contributed by atoms with E-state index in [0.29, 0.717) is 29.5 Å². The lowest BCUT2D eigenvalue weighted by Crippen LogP contribution is -2.34. The smallest absolute Gasteiger partial charge is 0.263 e. The van der Waals surface area contributed by atoms with Gasteiger partial charge in [0.15, 0.2) is 5.11 Å². The third-order valence-corrected chi connectivity index (χ3v) is 6.38. The molecular weight excluding hydrogens is 502 g/mol. The van der Waals surface area contributed by atoms with E-state index < -0.39 is 10.0 Å². The normalized spacial score (nSPS) is 11.0. The van der Waals surface area contributed by atoms with Gasteiger partial charge in [-0.3, -0.25) is 14.8 Å². The Labute approximate surface area is 215 Å². The number of aromatic nitrogens is 2. The van der Waals surface area contributed by atoms with Crippen LogP contribution in [0.4, 0.5) is 11.5 Å². The van der Waals surface area contributed by atoms with E-state index in [-0.39, 0.29) is 27.6 Å². The van der Waals surface area contributed by atoms with Crippen molar-refractivity contribution in [1.29, 1.82) is 0 Å². The molecule has 2 aromatic carbocycles. The van der Waals surface area contributed by atoms with Gasteiger partial charge in [-0.15, -0.1) is 0 Å². The van der Waals surface area contributed by atoms with Crippen molar-refractivity contribution < 1.29 is 22.7 Å². The van der Waals surface area contributed by atoms with Gasteiger partial charge in [-0.2, -0.15) is 0 Å². The average Bonchev–Trinajstić information content (AvgIpc) is 2.84. The van der Waals surface area contributed by atoms with Crippen LogP contribution in [0, 0.1) is 5.92 Å². The molecule has 190 valence electrons. The van der Waals surface area contributed by atoms with Crippen molar-refractivity contribution in [3.8, 4) is 11.6 Å². The van der Waals surface area contributed by atoms with Crippen LogP contribution in [0.15, 0.2) is 65.8 Å². The van der Waals surface area contributed by atoms with Gasteiger partial charge in [-0.25, -0.2) is 18.4 Å². The number of rotatable bonds is 10. The van der Waals surface area contributed by atoms with E-state index in [4.69, 9.17) is 21.7 Å². The molecule has 0 atom stereocenters. The minimum atomic E-state index is -3.93. The van der Waals surface area contributed by atoms with Crippen molar-refractivity contribution in [3.05, 3.63) is 66.5 Å². The first-order valence-corrected chi connectivity index (χ1v) is 12.9. The van der Waals surface area contributed by atoms with Crippen LogP contribution in [-0.2, 0) is 10.0 Å². The van der Waals surface area contributed by atoms with E-state index >= 15 is 0 Å². The highest BCUT2D eigenvalue weighted by molar-refractivity contribution is 7.92. The summed E-state index contributed by atoms with van der Waals surface area (Å²) in [7, 11) is -2.57. The van der Waals surface area contributed by atoms with Gasteiger partial charge in [0, 0.05) is 23.6 Å². The minimum Gasteiger partial charge on any atom is -0.494 e. The van der Waals surface area contributed by atoms with Crippen molar-refractivity contribution >= 4 is 44.8 Å². The van der Waals surface area contributed by atoms with Crippen LogP contribution in [0.5, 0.6) is 11.6 Å². The molecule has 0 aliphatic carbocycles. The van der Waals surface area contributed by atoms with Crippen molar-refractivity contribution in [2.24, 2.45) is 5.92 Å². The quantitative estimate of drug-likeness (QED) is 0.335. The summed E-state index contributed by atoms with van der Waals surface area (Å²) in [5, 5.41) is 5.51. The maximum atomic E-state index is 12.7. The molecule has 0 aliphatic heterocycles. The second-order valence-corrected chi connectivity index (χ2v) is 10.1. The number of sulfonamides is 1. The van der Waals surface area contributed by atoms with Crippen molar-refractivity contribution in [3.63, 3.8) is 0 Å². The SMILES string of the molecule is COc1nccnc1NS(=O)(=O)c1ccc(NC(=S)NC(=O)c2ccc(OCCC(C)C)cc2)cc1. The Morgan fingerprint density at radius 1 is 1.03 bits per heavy atom. The highest BCUT2D eigenvalue weighted by Gasteiger charge is 2.18. The fraction of sp³-hybridized carbons (Fsp3) is 0.250. The number of methoxy groups -OCH3 is 1. The largest absolute Gasteiger partial charge is 0.494 e. The first-order valence-electron chi connectivity index (χ1n) is 11.0.